The number of carbonyl (C=O) groups is 6. The van der Waals surface area contributed by atoms with Crippen molar-refractivity contribution in [1.82, 2.24) is 20.9 Å². The molecule has 0 fully saturated rings. The Labute approximate surface area is 271 Å². The van der Waals surface area contributed by atoms with E-state index in [9.17, 15) is 33.9 Å². The molecule has 0 aromatic heterocycles. The number of ether oxygens (including phenoxy) is 3. The minimum absolute atomic E-state index is 0.0167. The Kier molecular flexibility index (Phi) is 21.4. The summed E-state index contributed by atoms with van der Waals surface area (Å²) in [5.74, 6) is -3.74. The number of hydrogen-bond acceptors (Lipinski definition) is 10. The van der Waals surface area contributed by atoms with Crippen LogP contribution in [0.5, 0.6) is 0 Å². The Morgan fingerprint density at radius 3 is 1.93 bits per heavy atom. The summed E-state index contributed by atoms with van der Waals surface area (Å²) in [6.45, 7) is 9.89. The number of carboxylic acid groups (broad SMARTS) is 2. The van der Waals surface area contributed by atoms with Gasteiger partial charge in [-0.2, -0.15) is 0 Å². The van der Waals surface area contributed by atoms with Crippen LogP contribution in [0.3, 0.4) is 0 Å². The van der Waals surface area contributed by atoms with Crippen molar-refractivity contribution in [2.75, 3.05) is 72.9 Å². The van der Waals surface area contributed by atoms with Gasteiger partial charge in [0.15, 0.2) is 0 Å². The Balaban J connectivity index is 4.14. The van der Waals surface area contributed by atoms with E-state index in [4.69, 9.17) is 25.1 Å². The molecule has 0 aromatic rings. The van der Waals surface area contributed by atoms with E-state index in [-0.39, 0.29) is 70.5 Å². The maximum Gasteiger partial charge on any atom is 0.326 e. The average Bonchev–Trinajstić information content (AvgIpc) is 2.92. The number of nitrogens with one attached hydrogen (secondary N) is 3. The summed E-state index contributed by atoms with van der Waals surface area (Å²) in [7, 11) is 1.82. The Bertz CT molecular complexity index is 975. The van der Waals surface area contributed by atoms with Gasteiger partial charge in [0.05, 0.1) is 32.8 Å². The minimum atomic E-state index is -1.23. The van der Waals surface area contributed by atoms with Gasteiger partial charge < -0.3 is 51.0 Å². The van der Waals surface area contributed by atoms with Crippen LogP contribution in [0.15, 0.2) is 0 Å². The Morgan fingerprint density at radius 1 is 0.739 bits per heavy atom. The van der Waals surface area contributed by atoms with Crippen molar-refractivity contribution in [1.29, 1.82) is 0 Å². The summed E-state index contributed by atoms with van der Waals surface area (Å²) in [5.41, 5.74) is 4.05. The highest BCUT2D eigenvalue weighted by Crippen LogP contribution is 2.35. The molecule has 46 heavy (non-hydrogen) atoms. The lowest BCUT2D eigenvalue weighted by molar-refractivity contribution is -0.142. The van der Waals surface area contributed by atoms with Crippen molar-refractivity contribution in [3.8, 4) is 0 Å². The van der Waals surface area contributed by atoms with Crippen molar-refractivity contribution in [3.63, 3.8) is 0 Å². The van der Waals surface area contributed by atoms with Gasteiger partial charge in [-0.15, -0.1) is 0 Å². The maximum atomic E-state index is 12.6. The number of nitrogens with two attached hydrogens (primary N) is 1. The molecule has 0 aromatic carbocycles. The fourth-order valence-corrected chi connectivity index (χ4v) is 4.15. The van der Waals surface area contributed by atoms with Crippen LogP contribution in [-0.2, 0) is 43.0 Å². The normalized spacial score (nSPS) is 12.4. The number of rotatable bonds is 28. The van der Waals surface area contributed by atoms with Gasteiger partial charge in [0.1, 0.15) is 19.3 Å². The summed E-state index contributed by atoms with van der Waals surface area (Å²) in [4.78, 5) is 71.9. The molecule has 0 saturated carbocycles. The van der Waals surface area contributed by atoms with E-state index in [1.165, 1.54) is 0 Å². The third-order valence-electron chi connectivity index (χ3n) is 6.89. The standard InChI is InChI=1S/C30H55N5O11/c1-29(2,8-9-30(3,4)19-27(40)41)18-25(38)34-22(28(42)43)6-7-24(37)32-10-12-35(5)13-15-45-21-26(39)33-11-14-44-16-17-46-20-23(31)36/h22H,6-21H2,1-5H3,(H2,31,36)(H,32,37)(H,33,39)(H,34,38)(H,40,41)(H,42,43). The molecule has 0 aliphatic rings. The van der Waals surface area contributed by atoms with Crippen LogP contribution < -0.4 is 21.7 Å². The zero-order chi connectivity index (χ0) is 35.2. The first-order chi connectivity index (χ1) is 21.4. The molecule has 0 rings (SSSR count). The smallest absolute Gasteiger partial charge is 0.326 e. The third-order valence-corrected chi connectivity index (χ3v) is 6.89. The molecule has 0 aliphatic heterocycles. The molecule has 0 bridgehead atoms. The van der Waals surface area contributed by atoms with Crippen LogP contribution in [0.4, 0.5) is 0 Å². The minimum Gasteiger partial charge on any atom is -0.481 e. The summed E-state index contributed by atoms with van der Waals surface area (Å²) >= 11 is 0. The second kappa shape index (κ2) is 23.1. The number of aliphatic carboxylic acids is 2. The van der Waals surface area contributed by atoms with Gasteiger partial charge in [0, 0.05) is 39.0 Å². The highest BCUT2D eigenvalue weighted by molar-refractivity contribution is 5.84. The average molecular weight is 662 g/mol. The van der Waals surface area contributed by atoms with E-state index in [0.29, 0.717) is 45.6 Å². The molecular formula is C30H55N5O11. The van der Waals surface area contributed by atoms with Crippen molar-refractivity contribution < 1.29 is 53.2 Å². The quantitative estimate of drug-likeness (QED) is 0.0595. The third kappa shape index (κ3) is 24.9. The second-order valence-electron chi connectivity index (χ2n) is 12.8. The van der Waals surface area contributed by atoms with E-state index in [1.807, 2.05) is 39.6 Å². The number of primary amides is 1. The van der Waals surface area contributed by atoms with Crippen LogP contribution in [0.25, 0.3) is 0 Å². The lowest BCUT2D eigenvalue weighted by Crippen LogP contribution is -2.43. The zero-order valence-corrected chi connectivity index (χ0v) is 28.0. The number of hydrogen-bond donors (Lipinski definition) is 6. The summed E-state index contributed by atoms with van der Waals surface area (Å²) in [6.07, 6.45) is 1.12. The summed E-state index contributed by atoms with van der Waals surface area (Å²) in [6, 6.07) is -1.21. The van der Waals surface area contributed by atoms with Gasteiger partial charge in [0.25, 0.3) is 0 Å². The second-order valence-corrected chi connectivity index (χ2v) is 12.8. The van der Waals surface area contributed by atoms with Gasteiger partial charge in [-0.05, 0) is 37.1 Å². The molecule has 4 amide bonds. The Hall–Kier alpha value is -3.34. The molecular weight excluding hydrogens is 606 g/mol. The maximum absolute atomic E-state index is 12.6. The molecule has 1 atom stereocenters. The highest BCUT2D eigenvalue weighted by atomic mass is 16.5. The van der Waals surface area contributed by atoms with Crippen molar-refractivity contribution >= 4 is 35.6 Å². The molecule has 0 aliphatic carbocycles. The molecule has 1 unspecified atom stereocenters. The molecule has 0 heterocycles. The first-order valence-corrected chi connectivity index (χ1v) is 15.4. The lowest BCUT2D eigenvalue weighted by atomic mass is 9.76. The van der Waals surface area contributed by atoms with Crippen LogP contribution in [0.1, 0.15) is 66.2 Å². The van der Waals surface area contributed by atoms with Crippen LogP contribution in [0.2, 0.25) is 0 Å². The number of carboxylic acids is 2. The van der Waals surface area contributed by atoms with Gasteiger partial charge >= 0.3 is 11.9 Å². The van der Waals surface area contributed by atoms with Crippen LogP contribution in [0, 0.1) is 10.8 Å². The zero-order valence-electron chi connectivity index (χ0n) is 28.0. The van der Waals surface area contributed by atoms with Crippen molar-refractivity contribution in [2.24, 2.45) is 16.6 Å². The first kappa shape index (κ1) is 42.7. The molecule has 16 nitrogen and oxygen atoms in total. The van der Waals surface area contributed by atoms with Crippen LogP contribution in [-0.4, -0.2) is 130 Å². The summed E-state index contributed by atoms with van der Waals surface area (Å²) in [5, 5.41) is 26.5. The van der Waals surface area contributed by atoms with Crippen molar-refractivity contribution in [3.05, 3.63) is 0 Å². The van der Waals surface area contributed by atoms with Gasteiger partial charge in [0.2, 0.25) is 23.6 Å². The Morgan fingerprint density at radius 2 is 1.33 bits per heavy atom. The number of carbonyl (C=O) groups excluding carboxylic acids is 4. The number of likely N-dealkylation sites (N-methyl/N-ethyl adjacent to an activating group) is 1. The summed E-state index contributed by atoms with van der Waals surface area (Å²) < 4.78 is 15.5. The molecule has 0 saturated heterocycles. The molecule has 7 N–H and O–H groups in total. The van der Waals surface area contributed by atoms with Gasteiger partial charge in [-0.25, -0.2) is 4.79 Å². The lowest BCUT2D eigenvalue weighted by Gasteiger charge is -2.30. The molecule has 0 spiro atoms. The topological polar surface area (TPSA) is 236 Å². The van der Waals surface area contributed by atoms with E-state index in [2.05, 4.69) is 16.0 Å². The highest BCUT2D eigenvalue weighted by Gasteiger charge is 2.30. The fraction of sp³-hybridized carbons (Fsp3) is 0.800. The predicted molar refractivity (Wildman–Crippen MR) is 168 cm³/mol. The van der Waals surface area contributed by atoms with E-state index in [0.717, 1.165) is 0 Å². The van der Waals surface area contributed by atoms with E-state index < -0.39 is 40.6 Å². The number of amides is 4. The fourth-order valence-electron chi connectivity index (χ4n) is 4.15. The monoisotopic (exact) mass is 661 g/mol. The number of nitrogens with zero attached hydrogens (tertiary/aromatic N) is 1. The van der Waals surface area contributed by atoms with Gasteiger partial charge in [-0.1, -0.05) is 27.7 Å². The molecule has 266 valence electrons. The van der Waals surface area contributed by atoms with E-state index in [1.54, 1.807) is 0 Å². The largest absolute Gasteiger partial charge is 0.481 e. The molecule has 16 heteroatoms. The van der Waals surface area contributed by atoms with Crippen LogP contribution >= 0.6 is 0 Å². The molecule has 0 radical (unpaired) electrons. The predicted octanol–water partition coefficient (Wildman–Crippen LogP) is -0.267. The van der Waals surface area contributed by atoms with Gasteiger partial charge in [-0.3, -0.25) is 24.0 Å². The van der Waals surface area contributed by atoms with Crippen molar-refractivity contribution in [2.45, 2.75) is 72.3 Å². The first-order valence-electron chi connectivity index (χ1n) is 15.4. The van der Waals surface area contributed by atoms with E-state index >= 15 is 0 Å². The SMILES string of the molecule is CN(CCNC(=O)CCC(NC(=O)CC(C)(C)CCC(C)(C)CC(=O)O)C(=O)O)CCOCC(=O)NCCOCCOCC(N)=O.